The fourth-order valence-corrected chi connectivity index (χ4v) is 3.82. The molecule has 1 aliphatic heterocycles. The lowest BCUT2D eigenvalue weighted by molar-refractivity contribution is 0.0937. The summed E-state index contributed by atoms with van der Waals surface area (Å²) in [5.74, 6) is 1.28. The Morgan fingerprint density at radius 2 is 1.96 bits per heavy atom. The number of benzene rings is 2. The molecule has 0 radical (unpaired) electrons. The Hall–Kier alpha value is -3.28. The Morgan fingerprint density at radius 3 is 2.89 bits per heavy atom. The molecule has 0 saturated heterocycles. The molecule has 1 amide bonds. The zero-order chi connectivity index (χ0) is 18.2. The molecule has 1 aliphatic carbocycles. The number of hydrogen-bond acceptors (Lipinski definition) is 4. The molecule has 2 aromatic carbocycles. The first-order chi connectivity index (χ1) is 13.3. The molecule has 1 atom stereocenters. The van der Waals surface area contributed by atoms with E-state index in [1.807, 2.05) is 30.3 Å². The summed E-state index contributed by atoms with van der Waals surface area (Å²) in [5, 5.41) is 10.2. The average molecular weight is 361 g/mol. The van der Waals surface area contributed by atoms with Gasteiger partial charge in [-0.15, -0.1) is 0 Å². The topological polar surface area (TPSA) is 76.2 Å². The van der Waals surface area contributed by atoms with E-state index in [1.54, 1.807) is 6.20 Å². The number of hydrogen-bond donors (Lipinski definition) is 2. The minimum absolute atomic E-state index is 0.0386. The first-order valence-electron chi connectivity index (χ1n) is 9.11. The van der Waals surface area contributed by atoms with Crippen LogP contribution in [0.2, 0.25) is 0 Å². The van der Waals surface area contributed by atoms with Crippen molar-refractivity contribution in [2.45, 2.75) is 18.9 Å². The summed E-state index contributed by atoms with van der Waals surface area (Å²) in [4.78, 5) is 12.9. The highest BCUT2D eigenvalue weighted by atomic mass is 16.6. The van der Waals surface area contributed by atoms with E-state index in [2.05, 4.69) is 27.6 Å². The van der Waals surface area contributed by atoms with E-state index in [9.17, 15) is 4.79 Å². The molecule has 2 N–H and O–H groups in total. The van der Waals surface area contributed by atoms with Gasteiger partial charge in [0.25, 0.3) is 5.91 Å². The lowest BCUT2D eigenvalue weighted by Crippen LogP contribution is -2.27. The predicted octanol–water partition coefficient (Wildman–Crippen LogP) is 3.27. The number of ether oxygens (including phenoxy) is 2. The number of fused-ring (bicyclic) bond motifs is 2. The van der Waals surface area contributed by atoms with Crippen molar-refractivity contribution in [1.29, 1.82) is 0 Å². The third-order valence-corrected chi connectivity index (χ3v) is 5.15. The molecule has 0 saturated carbocycles. The molecule has 0 fully saturated rings. The maximum Gasteiger partial charge on any atom is 0.255 e. The van der Waals surface area contributed by atoms with E-state index in [1.165, 1.54) is 11.1 Å². The Labute approximate surface area is 156 Å². The molecule has 2 aliphatic rings. The SMILES string of the molecule is O=C(N[C@@H]1CCc2ccccc21)c1cn[nH]c1-c1ccc2c(c1)OCCO2. The van der Waals surface area contributed by atoms with Crippen LogP contribution in [0.5, 0.6) is 11.5 Å². The molecule has 6 heteroatoms. The molecule has 136 valence electrons. The molecular weight excluding hydrogens is 342 g/mol. The van der Waals surface area contributed by atoms with Crippen molar-refractivity contribution in [3.05, 3.63) is 65.4 Å². The van der Waals surface area contributed by atoms with Gasteiger partial charge >= 0.3 is 0 Å². The average Bonchev–Trinajstić information content (AvgIpc) is 3.35. The minimum atomic E-state index is -0.129. The van der Waals surface area contributed by atoms with E-state index >= 15 is 0 Å². The van der Waals surface area contributed by atoms with Crippen molar-refractivity contribution < 1.29 is 14.3 Å². The van der Waals surface area contributed by atoms with Gasteiger partial charge in [0.15, 0.2) is 11.5 Å². The number of aryl methyl sites for hydroxylation is 1. The second kappa shape index (κ2) is 6.46. The first-order valence-corrected chi connectivity index (χ1v) is 9.11. The van der Waals surface area contributed by atoms with Gasteiger partial charge in [0.2, 0.25) is 0 Å². The number of nitrogens with zero attached hydrogens (tertiary/aromatic N) is 1. The maximum absolute atomic E-state index is 12.9. The second-order valence-electron chi connectivity index (χ2n) is 6.78. The normalized spacial score (nSPS) is 17.4. The van der Waals surface area contributed by atoms with E-state index in [4.69, 9.17) is 9.47 Å². The van der Waals surface area contributed by atoms with Gasteiger partial charge in [0.05, 0.1) is 23.5 Å². The molecule has 3 aromatic rings. The van der Waals surface area contributed by atoms with Crippen molar-refractivity contribution >= 4 is 5.91 Å². The summed E-state index contributed by atoms with van der Waals surface area (Å²) in [6.07, 6.45) is 3.48. The Morgan fingerprint density at radius 1 is 1.11 bits per heavy atom. The monoisotopic (exact) mass is 361 g/mol. The van der Waals surface area contributed by atoms with E-state index in [-0.39, 0.29) is 11.9 Å². The third kappa shape index (κ3) is 2.83. The number of amides is 1. The van der Waals surface area contributed by atoms with Crippen LogP contribution in [-0.4, -0.2) is 29.3 Å². The molecule has 0 unspecified atom stereocenters. The number of aromatic nitrogens is 2. The Kier molecular flexibility index (Phi) is 3.81. The van der Waals surface area contributed by atoms with E-state index in [0.717, 1.165) is 24.2 Å². The smallest absolute Gasteiger partial charge is 0.255 e. The van der Waals surface area contributed by atoms with Gasteiger partial charge in [-0.3, -0.25) is 9.89 Å². The number of rotatable bonds is 3. The van der Waals surface area contributed by atoms with Crippen LogP contribution in [0.25, 0.3) is 11.3 Å². The van der Waals surface area contributed by atoms with Crippen LogP contribution >= 0.6 is 0 Å². The standard InChI is InChI=1S/C21H19N3O3/c25-21(23-17-7-5-13-3-1-2-4-15(13)17)16-12-22-24-20(16)14-6-8-18-19(11-14)27-10-9-26-18/h1-4,6,8,11-12,17H,5,7,9-10H2,(H,22,24)(H,23,25)/t17-/m1/s1. The van der Waals surface area contributed by atoms with Gasteiger partial charge in [-0.05, 0) is 42.2 Å². The van der Waals surface area contributed by atoms with Crippen LogP contribution < -0.4 is 14.8 Å². The van der Waals surface area contributed by atoms with Crippen LogP contribution in [0.3, 0.4) is 0 Å². The summed E-state index contributed by atoms with van der Waals surface area (Å²) < 4.78 is 11.2. The minimum Gasteiger partial charge on any atom is -0.486 e. The molecule has 0 bridgehead atoms. The van der Waals surface area contributed by atoms with Crippen LogP contribution in [0.1, 0.15) is 33.9 Å². The molecular formula is C21H19N3O3. The quantitative estimate of drug-likeness (QED) is 0.751. The largest absolute Gasteiger partial charge is 0.486 e. The summed E-state index contributed by atoms with van der Waals surface area (Å²) in [6, 6.07) is 14.0. The van der Waals surface area contributed by atoms with Crippen molar-refractivity contribution in [3.8, 4) is 22.8 Å². The van der Waals surface area contributed by atoms with Gasteiger partial charge in [-0.2, -0.15) is 5.10 Å². The Balaban J connectivity index is 1.41. The van der Waals surface area contributed by atoms with Crippen LogP contribution in [-0.2, 0) is 6.42 Å². The highest BCUT2D eigenvalue weighted by Gasteiger charge is 2.26. The number of nitrogens with one attached hydrogen (secondary N) is 2. The number of carbonyl (C=O) groups is 1. The van der Waals surface area contributed by atoms with Crippen LogP contribution in [0.15, 0.2) is 48.7 Å². The lowest BCUT2D eigenvalue weighted by atomic mass is 10.1. The summed E-state index contributed by atoms with van der Waals surface area (Å²) in [6.45, 7) is 1.07. The van der Waals surface area contributed by atoms with Crippen molar-refractivity contribution in [1.82, 2.24) is 15.5 Å². The fourth-order valence-electron chi connectivity index (χ4n) is 3.82. The van der Waals surface area contributed by atoms with Gasteiger partial charge in [0, 0.05) is 5.56 Å². The van der Waals surface area contributed by atoms with Gasteiger partial charge in [-0.25, -0.2) is 0 Å². The number of aromatic amines is 1. The molecule has 6 nitrogen and oxygen atoms in total. The van der Waals surface area contributed by atoms with Gasteiger partial charge in [0.1, 0.15) is 13.2 Å². The van der Waals surface area contributed by atoms with Crippen molar-refractivity contribution in [2.75, 3.05) is 13.2 Å². The summed E-state index contributed by atoms with van der Waals surface area (Å²) in [7, 11) is 0. The lowest BCUT2D eigenvalue weighted by Gasteiger charge is -2.19. The molecule has 27 heavy (non-hydrogen) atoms. The van der Waals surface area contributed by atoms with Crippen molar-refractivity contribution in [3.63, 3.8) is 0 Å². The van der Waals surface area contributed by atoms with Gasteiger partial charge in [-0.1, -0.05) is 24.3 Å². The van der Waals surface area contributed by atoms with Gasteiger partial charge < -0.3 is 14.8 Å². The zero-order valence-corrected chi connectivity index (χ0v) is 14.7. The molecule has 5 rings (SSSR count). The molecule has 1 aromatic heterocycles. The first kappa shape index (κ1) is 15.9. The highest BCUT2D eigenvalue weighted by molar-refractivity contribution is 6.00. The Bertz CT molecular complexity index is 1010. The van der Waals surface area contributed by atoms with Crippen LogP contribution in [0, 0.1) is 0 Å². The second-order valence-corrected chi connectivity index (χ2v) is 6.78. The number of carbonyl (C=O) groups excluding carboxylic acids is 1. The summed E-state index contributed by atoms with van der Waals surface area (Å²) in [5.41, 5.74) is 4.55. The zero-order valence-electron chi connectivity index (χ0n) is 14.7. The van der Waals surface area contributed by atoms with E-state index < -0.39 is 0 Å². The van der Waals surface area contributed by atoms with Crippen LogP contribution in [0.4, 0.5) is 0 Å². The molecule has 0 spiro atoms. The summed E-state index contributed by atoms with van der Waals surface area (Å²) >= 11 is 0. The van der Waals surface area contributed by atoms with Crippen molar-refractivity contribution in [2.24, 2.45) is 0 Å². The van der Waals surface area contributed by atoms with E-state index in [0.29, 0.717) is 30.2 Å². The maximum atomic E-state index is 12.9. The molecule has 2 heterocycles. The third-order valence-electron chi connectivity index (χ3n) is 5.15. The highest BCUT2D eigenvalue weighted by Crippen LogP contribution is 2.35. The number of H-pyrrole nitrogens is 1. The predicted molar refractivity (Wildman–Crippen MR) is 100.0 cm³/mol. The fraction of sp³-hybridized carbons (Fsp3) is 0.238.